The van der Waals surface area contributed by atoms with E-state index in [0.717, 1.165) is 18.8 Å². The van der Waals surface area contributed by atoms with Crippen molar-refractivity contribution < 1.29 is 14.0 Å². The number of rotatable bonds is 7. The molecule has 0 bridgehead atoms. The number of aromatic nitrogens is 2. The van der Waals surface area contributed by atoms with Crippen molar-refractivity contribution >= 4 is 8.32 Å². The number of ether oxygens (including phenoxy) is 1. The zero-order chi connectivity index (χ0) is 17.1. The van der Waals surface area contributed by atoms with Crippen LogP contribution in [0.1, 0.15) is 45.5 Å². The first-order valence-corrected chi connectivity index (χ1v) is 11.2. The molecule has 2 heterocycles. The van der Waals surface area contributed by atoms with Crippen LogP contribution in [0.25, 0.3) is 0 Å². The number of nitrogens with one attached hydrogen (secondary N) is 1. The van der Waals surface area contributed by atoms with Crippen molar-refractivity contribution in [1.82, 2.24) is 15.0 Å². The topological polar surface area (TPSA) is 57.5 Å². The Kier molecular flexibility index (Phi) is 5.88. The molecule has 2 rings (SSSR count). The van der Waals surface area contributed by atoms with Crippen molar-refractivity contribution in [2.45, 2.75) is 63.9 Å². The molecule has 23 heavy (non-hydrogen) atoms. The number of hydrogen-bond donors (Lipinski definition) is 1. The molecular formula is C16H31N3O3Si. The van der Waals surface area contributed by atoms with Gasteiger partial charge < -0.3 is 19.3 Å². The summed E-state index contributed by atoms with van der Waals surface area (Å²) in [6.07, 6.45) is 5.72. The Morgan fingerprint density at radius 3 is 2.74 bits per heavy atom. The van der Waals surface area contributed by atoms with Gasteiger partial charge in [0, 0.05) is 19.3 Å². The van der Waals surface area contributed by atoms with E-state index in [1.54, 1.807) is 18.0 Å². The largest absolute Gasteiger partial charge is 0.405 e. The van der Waals surface area contributed by atoms with Crippen LogP contribution in [0.2, 0.25) is 18.1 Å². The second-order valence-corrected chi connectivity index (χ2v) is 12.4. The van der Waals surface area contributed by atoms with Gasteiger partial charge in [0.2, 0.25) is 6.79 Å². The van der Waals surface area contributed by atoms with E-state index < -0.39 is 8.32 Å². The fourth-order valence-electron chi connectivity index (χ4n) is 2.50. The van der Waals surface area contributed by atoms with Crippen molar-refractivity contribution in [3.8, 4) is 0 Å². The number of methoxy groups -OCH3 is 1. The van der Waals surface area contributed by atoms with E-state index in [-0.39, 0.29) is 24.0 Å². The highest BCUT2D eigenvalue weighted by atomic mass is 28.4. The predicted molar refractivity (Wildman–Crippen MR) is 92.7 cm³/mol. The number of hydrogen-bond acceptors (Lipinski definition) is 5. The molecule has 1 aromatic heterocycles. The van der Waals surface area contributed by atoms with Crippen LogP contribution in [0, 0.1) is 0 Å². The molecule has 2 atom stereocenters. The van der Waals surface area contributed by atoms with Crippen LogP contribution in [0.5, 0.6) is 0 Å². The highest BCUT2D eigenvalue weighted by molar-refractivity contribution is 6.74. The predicted octanol–water partition coefficient (Wildman–Crippen LogP) is 2.73. The van der Waals surface area contributed by atoms with Crippen LogP contribution in [-0.4, -0.2) is 44.5 Å². The van der Waals surface area contributed by atoms with Crippen LogP contribution >= 0.6 is 0 Å². The molecule has 1 aliphatic heterocycles. The third-order valence-corrected chi connectivity index (χ3v) is 9.35. The van der Waals surface area contributed by atoms with E-state index in [2.05, 4.69) is 44.2 Å². The molecule has 0 aliphatic carbocycles. The maximum absolute atomic E-state index is 6.72. The highest BCUT2D eigenvalue weighted by Gasteiger charge is 2.43. The molecule has 6 nitrogen and oxygen atoms in total. The van der Waals surface area contributed by atoms with E-state index in [4.69, 9.17) is 14.0 Å². The molecule has 0 saturated carbocycles. The van der Waals surface area contributed by atoms with Crippen LogP contribution in [0.15, 0.2) is 12.4 Å². The highest BCUT2D eigenvalue weighted by Crippen LogP contribution is 2.41. The van der Waals surface area contributed by atoms with Gasteiger partial charge in [-0.1, -0.05) is 20.8 Å². The van der Waals surface area contributed by atoms with E-state index in [1.165, 1.54) is 6.42 Å². The first-order chi connectivity index (χ1) is 10.8. The zero-order valence-corrected chi connectivity index (χ0v) is 16.3. The van der Waals surface area contributed by atoms with Gasteiger partial charge in [-0.15, -0.1) is 0 Å². The fourth-order valence-corrected chi connectivity index (χ4v) is 3.76. The minimum absolute atomic E-state index is 0.106. The van der Waals surface area contributed by atoms with Gasteiger partial charge in [-0.05, 0) is 37.5 Å². The zero-order valence-electron chi connectivity index (χ0n) is 15.3. The molecule has 0 aromatic carbocycles. The molecule has 1 saturated heterocycles. The van der Waals surface area contributed by atoms with E-state index >= 15 is 0 Å². The molecule has 1 fully saturated rings. The quantitative estimate of drug-likeness (QED) is 0.610. The Balaban J connectivity index is 2.26. The first-order valence-electron chi connectivity index (χ1n) is 8.33. The molecule has 0 unspecified atom stereocenters. The summed E-state index contributed by atoms with van der Waals surface area (Å²) in [5.74, 6) is 0.811. The third-order valence-electron chi connectivity index (χ3n) is 4.89. The standard InChI is InChI=1S/C16H31N3O3Si/c1-16(2,3)23(5,6)22-14(13-8-7-9-17-13)15-18-10-11-19(15)21-12-20-4/h10-11,13-14,17H,7-9,12H2,1-6H3/t13-,14-/m0/s1. The van der Waals surface area contributed by atoms with Gasteiger partial charge in [-0.3, -0.25) is 0 Å². The van der Waals surface area contributed by atoms with Crippen LogP contribution in [0.4, 0.5) is 0 Å². The van der Waals surface area contributed by atoms with Crippen LogP contribution in [0.3, 0.4) is 0 Å². The van der Waals surface area contributed by atoms with E-state index in [9.17, 15) is 0 Å². The van der Waals surface area contributed by atoms with Gasteiger partial charge in [0.25, 0.3) is 0 Å². The lowest BCUT2D eigenvalue weighted by molar-refractivity contribution is -0.0477. The van der Waals surface area contributed by atoms with E-state index in [1.807, 2.05) is 6.20 Å². The molecule has 7 heteroatoms. The van der Waals surface area contributed by atoms with Crippen molar-refractivity contribution in [3.05, 3.63) is 18.2 Å². The smallest absolute Gasteiger partial charge is 0.214 e. The van der Waals surface area contributed by atoms with Gasteiger partial charge in [0.15, 0.2) is 14.1 Å². The Morgan fingerprint density at radius 1 is 1.43 bits per heavy atom. The average molecular weight is 342 g/mol. The van der Waals surface area contributed by atoms with Gasteiger partial charge in [0.05, 0.1) is 6.20 Å². The summed E-state index contributed by atoms with van der Waals surface area (Å²) in [6, 6.07) is 0.274. The summed E-state index contributed by atoms with van der Waals surface area (Å²) in [5.41, 5.74) is 0. The monoisotopic (exact) mass is 341 g/mol. The summed E-state index contributed by atoms with van der Waals surface area (Å²) >= 11 is 0. The van der Waals surface area contributed by atoms with Crippen LogP contribution in [-0.2, 0) is 9.16 Å². The van der Waals surface area contributed by atoms with Crippen molar-refractivity contribution in [2.24, 2.45) is 0 Å². The molecule has 1 N–H and O–H groups in total. The lowest BCUT2D eigenvalue weighted by Crippen LogP contribution is -2.46. The number of nitrogens with zero attached hydrogens (tertiary/aromatic N) is 2. The summed E-state index contributed by atoms with van der Waals surface area (Å²) in [7, 11) is -0.316. The summed E-state index contributed by atoms with van der Waals surface area (Å²) < 4.78 is 13.4. The second-order valence-electron chi connectivity index (χ2n) is 7.65. The normalized spacial score (nSPS) is 20.7. The summed E-state index contributed by atoms with van der Waals surface area (Å²) in [4.78, 5) is 10.1. The van der Waals surface area contributed by atoms with Crippen molar-refractivity contribution in [2.75, 3.05) is 20.4 Å². The van der Waals surface area contributed by atoms with Gasteiger partial charge in [-0.25, -0.2) is 4.98 Å². The maximum Gasteiger partial charge on any atom is 0.214 e. The summed E-state index contributed by atoms with van der Waals surface area (Å²) in [5, 5.41) is 3.71. The first kappa shape index (κ1) is 18.4. The lowest BCUT2D eigenvalue weighted by atomic mass is 10.1. The van der Waals surface area contributed by atoms with Crippen molar-refractivity contribution in [3.63, 3.8) is 0 Å². The molecule has 1 aromatic rings. The summed E-state index contributed by atoms with van der Waals surface area (Å²) in [6.45, 7) is 12.5. The molecule has 0 amide bonds. The molecular weight excluding hydrogens is 310 g/mol. The SMILES string of the molecule is COCOn1ccnc1[C@@H](O[Si](C)(C)C(C)(C)C)[C@@H]1CCCN1. The Bertz CT molecular complexity index is 493. The maximum atomic E-state index is 6.72. The van der Waals surface area contributed by atoms with E-state index in [0.29, 0.717) is 0 Å². The molecule has 0 spiro atoms. The Labute approximate surface area is 140 Å². The third kappa shape index (κ3) is 4.35. The lowest BCUT2D eigenvalue weighted by Gasteiger charge is -2.40. The minimum Gasteiger partial charge on any atom is -0.405 e. The Morgan fingerprint density at radius 2 is 2.17 bits per heavy atom. The fraction of sp³-hybridized carbons (Fsp3) is 0.812. The second kappa shape index (κ2) is 7.34. The molecule has 132 valence electrons. The van der Waals surface area contributed by atoms with Gasteiger partial charge >= 0.3 is 0 Å². The molecule has 1 aliphatic rings. The van der Waals surface area contributed by atoms with Gasteiger partial charge in [0.1, 0.15) is 6.10 Å². The Hall–Kier alpha value is -0.893. The molecule has 0 radical (unpaired) electrons. The minimum atomic E-state index is -1.93. The van der Waals surface area contributed by atoms with Crippen LogP contribution < -0.4 is 10.2 Å². The average Bonchev–Trinajstić information content (AvgIpc) is 3.12. The van der Waals surface area contributed by atoms with Crippen molar-refractivity contribution in [1.29, 1.82) is 0 Å². The van der Waals surface area contributed by atoms with Gasteiger partial charge in [-0.2, -0.15) is 4.73 Å². The number of imidazole rings is 1.